The molecule has 5 heteroatoms. The van der Waals surface area contributed by atoms with E-state index in [-0.39, 0.29) is 33.1 Å². The lowest BCUT2D eigenvalue weighted by Gasteiger charge is -2.59. The molecule has 3 nitrogen and oxygen atoms in total. The molecule has 0 bridgehead atoms. The molecule has 1 unspecified atom stereocenters. The third-order valence-electron chi connectivity index (χ3n) is 7.90. The maximum absolute atomic E-state index is 12.5. The van der Waals surface area contributed by atoms with Gasteiger partial charge in [-0.3, -0.25) is 9.59 Å². The Morgan fingerprint density at radius 2 is 2.04 bits per heavy atom. The number of alkyl halides is 2. The Bertz CT molecular complexity index is 727. The fraction of sp³-hybridized carbons (Fsp3) is 0.714. The molecule has 0 aromatic carbocycles. The molecule has 4 aliphatic rings. The van der Waals surface area contributed by atoms with Gasteiger partial charge in [0.25, 0.3) is 0 Å². The van der Waals surface area contributed by atoms with Crippen molar-refractivity contribution in [2.75, 3.05) is 5.33 Å². The molecule has 4 rings (SSSR count). The van der Waals surface area contributed by atoms with Gasteiger partial charge >= 0.3 is 0 Å². The van der Waals surface area contributed by atoms with Gasteiger partial charge in [0.15, 0.2) is 11.6 Å². The summed E-state index contributed by atoms with van der Waals surface area (Å²) in [6.45, 7) is 4.43. The fourth-order valence-corrected chi connectivity index (χ4v) is 7.89. The van der Waals surface area contributed by atoms with Crippen LogP contribution in [0.3, 0.4) is 0 Å². The van der Waals surface area contributed by atoms with Crippen LogP contribution in [0.5, 0.6) is 0 Å². The Morgan fingerprint density at radius 3 is 2.73 bits per heavy atom. The highest BCUT2D eigenvalue weighted by Gasteiger charge is 2.61. The van der Waals surface area contributed by atoms with Gasteiger partial charge in [-0.15, -0.1) is 0 Å². The lowest BCUT2D eigenvalue weighted by atomic mass is 9.46. The highest BCUT2D eigenvalue weighted by Crippen LogP contribution is 2.65. The van der Waals surface area contributed by atoms with Gasteiger partial charge in [0.2, 0.25) is 0 Å². The number of fused-ring (bicyclic) bond motifs is 5. The zero-order valence-electron chi connectivity index (χ0n) is 15.3. The number of allylic oxidation sites excluding steroid dienone is 4. The molecule has 0 amide bonds. The van der Waals surface area contributed by atoms with Crippen molar-refractivity contribution >= 4 is 43.4 Å². The molecule has 0 aromatic heterocycles. The average Bonchev–Trinajstić information content (AvgIpc) is 2.91. The minimum Gasteiger partial charge on any atom is -0.393 e. The monoisotopic (exact) mass is 484 g/mol. The van der Waals surface area contributed by atoms with Crippen LogP contribution in [0, 0.1) is 28.6 Å². The van der Waals surface area contributed by atoms with E-state index in [4.69, 9.17) is 0 Å². The summed E-state index contributed by atoms with van der Waals surface area (Å²) in [7, 11) is 0. The van der Waals surface area contributed by atoms with Crippen LogP contribution in [0.2, 0.25) is 0 Å². The van der Waals surface area contributed by atoms with Crippen LogP contribution >= 0.6 is 31.9 Å². The number of hydrogen-bond donors (Lipinski definition) is 1. The van der Waals surface area contributed by atoms with Gasteiger partial charge in [-0.1, -0.05) is 57.4 Å². The second-order valence-corrected chi connectivity index (χ2v) is 10.8. The molecule has 1 N–H and O–H groups in total. The van der Waals surface area contributed by atoms with Gasteiger partial charge in [-0.05, 0) is 66.9 Å². The first-order valence-electron chi connectivity index (χ1n) is 9.59. The summed E-state index contributed by atoms with van der Waals surface area (Å²) in [6, 6.07) is 0. The minimum atomic E-state index is -0.438. The number of carbonyl (C=O) groups excluding carboxylic acids is 2. The molecule has 0 aromatic rings. The third-order valence-corrected chi connectivity index (χ3v) is 9.19. The Hall–Kier alpha value is -0.260. The van der Waals surface area contributed by atoms with Gasteiger partial charge < -0.3 is 5.11 Å². The van der Waals surface area contributed by atoms with E-state index < -0.39 is 6.10 Å². The van der Waals surface area contributed by atoms with E-state index in [1.54, 1.807) is 0 Å². The Kier molecular flexibility index (Phi) is 4.68. The Balaban J connectivity index is 1.72. The van der Waals surface area contributed by atoms with Crippen LogP contribution in [-0.2, 0) is 9.59 Å². The molecule has 2 saturated carbocycles. The number of aliphatic hydroxyl groups excluding tert-OH is 1. The van der Waals surface area contributed by atoms with E-state index in [1.807, 2.05) is 6.08 Å². The molecule has 0 radical (unpaired) electrons. The van der Waals surface area contributed by atoms with Crippen molar-refractivity contribution in [3.8, 4) is 0 Å². The van der Waals surface area contributed by atoms with Crippen molar-refractivity contribution in [3.05, 3.63) is 23.3 Å². The topological polar surface area (TPSA) is 54.4 Å². The molecule has 0 aliphatic heterocycles. The number of carbonyl (C=O) groups is 2. The lowest BCUT2D eigenvalue weighted by molar-refractivity contribution is -0.128. The van der Waals surface area contributed by atoms with Gasteiger partial charge in [0.1, 0.15) is 0 Å². The predicted octanol–water partition coefficient (Wildman–Crippen LogP) is 4.36. The Labute approximate surface area is 171 Å². The summed E-state index contributed by atoms with van der Waals surface area (Å²) < 4.78 is 0. The third kappa shape index (κ3) is 2.52. The maximum atomic E-state index is 12.5. The van der Waals surface area contributed by atoms with Crippen LogP contribution in [0.1, 0.15) is 46.0 Å². The molecule has 142 valence electrons. The zero-order valence-corrected chi connectivity index (χ0v) is 18.5. The summed E-state index contributed by atoms with van der Waals surface area (Å²) in [4.78, 5) is 24.5. The van der Waals surface area contributed by atoms with Gasteiger partial charge in [0, 0.05) is 5.41 Å². The molecule has 0 spiro atoms. The van der Waals surface area contributed by atoms with E-state index in [2.05, 4.69) is 51.8 Å². The van der Waals surface area contributed by atoms with Crippen LogP contribution in [-0.4, -0.2) is 32.9 Å². The van der Waals surface area contributed by atoms with Crippen molar-refractivity contribution < 1.29 is 14.7 Å². The second-order valence-electron chi connectivity index (χ2n) is 9.10. The first-order valence-corrected chi connectivity index (χ1v) is 11.6. The summed E-state index contributed by atoms with van der Waals surface area (Å²) in [5.74, 6) is 1.31. The normalized spacial score (nSPS) is 47.4. The lowest BCUT2D eigenvalue weighted by Crippen LogP contribution is -2.57. The number of hydrogen-bond acceptors (Lipinski definition) is 3. The molecular formula is C21H26Br2O3. The van der Waals surface area contributed by atoms with Gasteiger partial charge in [-0.2, -0.15) is 0 Å². The number of ketones is 2. The van der Waals surface area contributed by atoms with E-state index in [9.17, 15) is 14.7 Å². The van der Waals surface area contributed by atoms with Crippen molar-refractivity contribution in [1.29, 1.82) is 0 Å². The van der Waals surface area contributed by atoms with Crippen LogP contribution in [0.25, 0.3) is 0 Å². The van der Waals surface area contributed by atoms with Crippen LogP contribution < -0.4 is 0 Å². The smallest absolute Gasteiger partial charge is 0.169 e. The molecule has 7 atom stereocenters. The average molecular weight is 486 g/mol. The molecule has 4 aliphatic carbocycles. The first kappa shape index (κ1) is 19.1. The molecule has 0 saturated heterocycles. The number of rotatable bonds is 2. The summed E-state index contributed by atoms with van der Waals surface area (Å²) in [5, 5.41) is 11.6. The first-order chi connectivity index (χ1) is 12.2. The highest BCUT2D eigenvalue weighted by atomic mass is 79.9. The van der Waals surface area contributed by atoms with Crippen molar-refractivity contribution in [2.24, 2.45) is 28.6 Å². The van der Waals surface area contributed by atoms with Gasteiger partial charge in [-0.25, -0.2) is 0 Å². The van der Waals surface area contributed by atoms with Crippen molar-refractivity contribution in [2.45, 2.75) is 56.9 Å². The van der Waals surface area contributed by atoms with Crippen molar-refractivity contribution in [1.82, 2.24) is 0 Å². The fourth-order valence-electron chi connectivity index (χ4n) is 6.79. The number of Topliss-reactive ketones (excluding diaryl/α,β-unsaturated/α-hetero) is 1. The van der Waals surface area contributed by atoms with E-state index in [0.29, 0.717) is 23.6 Å². The van der Waals surface area contributed by atoms with E-state index in [1.165, 1.54) is 5.57 Å². The van der Waals surface area contributed by atoms with Crippen molar-refractivity contribution in [3.63, 3.8) is 0 Å². The minimum absolute atomic E-state index is 0.131. The molecule has 26 heavy (non-hydrogen) atoms. The number of halogens is 2. The maximum Gasteiger partial charge on any atom is 0.169 e. The van der Waals surface area contributed by atoms with E-state index >= 15 is 0 Å². The summed E-state index contributed by atoms with van der Waals surface area (Å²) in [6.07, 6.45) is 7.82. The van der Waals surface area contributed by atoms with E-state index in [0.717, 1.165) is 31.3 Å². The standard InChI is InChI=1S/C21H26Br2O3/c1-20-8-15(23)16(24)7-11(20)3-4-12-13-5-6-14(18(26)10-22)21(13,2)9-17(25)19(12)20/h6-7,12-13,15,17,19,25H,3-5,8-10H2,1-2H3/t12-,13-,15?,17+,19+,20-,21-/m0/s1. The SMILES string of the molecule is C[C@]12CC(Br)C(=O)C=C1CC[C@@H]1[C@@H]2[C@H](O)C[C@]2(C)C(C(=O)CBr)=CC[C@@H]12. The largest absolute Gasteiger partial charge is 0.393 e. The quantitative estimate of drug-likeness (QED) is 0.591. The molecule has 2 fully saturated rings. The zero-order chi connectivity index (χ0) is 18.9. The molecule has 0 heterocycles. The van der Waals surface area contributed by atoms with Crippen LogP contribution in [0.4, 0.5) is 0 Å². The predicted molar refractivity (Wildman–Crippen MR) is 108 cm³/mol. The van der Waals surface area contributed by atoms with Crippen LogP contribution in [0.15, 0.2) is 23.3 Å². The summed E-state index contributed by atoms with van der Waals surface area (Å²) in [5.41, 5.74) is 1.79. The van der Waals surface area contributed by atoms with Gasteiger partial charge in [0.05, 0.1) is 16.3 Å². The highest BCUT2D eigenvalue weighted by molar-refractivity contribution is 9.10. The second kappa shape index (κ2) is 6.38. The summed E-state index contributed by atoms with van der Waals surface area (Å²) >= 11 is 6.87. The number of aliphatic hydroxyl groups is 1. The molecular weight excluding hydrogens is 460 g/mol. The Morgan fingerprint density at radius 1 is 1.31 bits per heavy atom.